The van der Waals surface area contributed by atoms with Gasteiger partial charge in [-0.15, -0.1) is 0 Å². The summed E-state index contributed by atoms with van der Waals surface area (Å²) >= 11 is 4.94. The van der Waals surface area contributed by atoms with Crippen molar-refractivity contribution in [3.8, 4) is 5.75 Å². The van der Waals surface area contributed by atoms with Gasteiger partial charge in [0.15, 0.2) is 6.61 Å². The summed E-state index contributed by atoms with van der Waals surface area (Å²) in [6.45, 7) is 1.34. The maximum absolute atomic E-state index is 11.8. The number of carbonyl (C=O) groups is 1. The average molecular weight is 294 g/mol. The van der Waals surface area contributed by atoms with E-state index >= 15 is 0 Å². The van der Waals surface area contributed by atoms with E-state index in [4.69, 9.17) is 27.4 Å². The fourth-order valence-corrected chi connectivity index (χ4v) is 2.22. The maximum atomic E-state index is 11.8. The van der Waals surface area contributed by atoms with Crippen LogP contribution >= 0.6 is 12.2 Å². The Labute approximate surface area is 123 Å². The van der Waals surface area contributed by atoms with Gasteiger partial charge in [-0.2, -0.15) is 0 Å². The molecule has 0 aliphatic carbocycles. The maximum Gasteiger partial charge on any atom is 0.258 e. The Morgan fingerprint density at radius 1 is 1.40 bits per heavy atom. The van der Waals surface area contributed by atoms with Crippen LogP contribution < -0.4 is 15.8 Å². The lowest BCUT2D eigenvalue weighted by Gasteiger charge is -2.23. The number of rotatable bonds is 5. The van der Waals surface area contributed by atoms with E-state index in [2.05, 4.69) is 5.32 Å². The summed E-state index contributed by atoms with van der Waals surface area (Å²) in [6, 6.07) is 7.33. The lowest BCUT2D eigenvalue weighted by molar-refractivity contribution is -0.124. The normalized spacial score (nSPS) is 15.6. The first-order valence-electron chi connectivity index (χ1n) is 6.55. The monoisotopic (exact) mass is 294 g/mol. The van der Waals surface area contributed by atoms with Crippen LogP contribution in [0.4, 0.5) is 0 Å². The van der Waals surface area contributed by atoms with Crippen molar-refractivity contribution in [2.75, 3.05) is 19.8 Å². The molecular weight excluding hydrogens is 276 g/mol. The first-order valence-corrected chi connectivity index (χ1v) is 6.96. The van der Waals surface area contributed by atoms with Gasteiger partial charge in [-0.3, -0.25) is 4.79 Å². The Morgan fingerprint density at radius 3 is 2.80 bits per heavy atom. The molecule has 1 aliphatic heterocycles. The lowest BCUT2D eigenvalue weighted by atomic mass is 10.1. The molecule has 20 heavy (non-hydrogen) atoms. The standard InChI is InChI=1S/C14H18N2O3S/c15-14(20)11-3-1-2-4-12(11)19-9-13(17)16-10-5-7-18-8-6-10/h1-4,10H,5-9H2,(H2,15,20)(H,16,17). The molecule has 1 amide bonds. The quantitative estimate of drug-likeness (QED) is 0.792. The van der Waals surface area contributed by atoms with Gasteiger partial charge in [0.25, 0.3) is 5.91 Å². The fourth-order valence-electron chi connectivity index (χ4n) is 2.05. The molecule has 1 aromatic rings. The van der Waals surface area contributed by atoms with Crippen molar-refractivity contribution in [2.45, 2.75) is 18.9 Å². The van der Waals surface area contributed by atoms with Gasteiger partial charge in [0.05, 0.1) is 5.56 Å². The summed E-state index contributed by atoms with van der Waals surface area (Å²) < 4.78 is 10.7. The lowest BCUT2D eigenvalue weighted by Crippen LogP contribution is -2.41. The Bertz CT molecular complexity index is 487. The van der Waals surface area contributed by atoms with E-state index in [0.717, 1.165) is 12.8 Å². The van der Waals surface area contributed by atoms with Crippen LogP contribution in [0.1, 0.15) is 18.4 Å². The molecule has 0 atom stereocenters. The molecule has 0 bridgehead atoms. The second-order valence-corrected chi connectivity index (χ2v) is 5.04. The molecule has 5 nitrogen and oxygen atoms in total. The molecular formula is C14H18N2O3S. The van der Waals surface area contributed by atoms with Gasteiger partial charge in [-0.1, -0.05) is 24.4 Å². The van der Waals surface area contributed by atoms with Crippen LogP contribution in [-0.4, -0.2) is 36.8 Å². The molecule has 1 heterocycles. The summed E-state index contributed by atoms with van der Waals surface area (Å²) in [5.74, 6) is 0.386. The molecule has 1 fully saturated rings. The van der Waals surface area contributed by atoms with Gasteiger partial charge in [-0.25, -0.2) is 0 Å². The highest BCUT2D eigenvalue weighted by molar-refractivity contribution is 7.80. The van der Waals surface area contributed by atoms with Gasteiger partial charge in [0, 0.05) is 19.3 Å². The third-order valence-electron chi connectivity index (χ3n) is 3.10. The van der Waals surface area contributed by atoms with E-state index in [1.54, 1.807) is 12.1 Å². The van der Waals surface area contributed by atoms with E-state index in [1.165, 1.54) is 0 Å². The number of hydrogen-bond donors (Lipinski definition) is 2. The third kappa shape index (κ3) is 4.18. The van der Waals surface area contributed by atoms with E-state index in [-0.39, 0.29) is 23.5 Å². The third-order valence-corrected chi connectivity index (χ3v) is 3.32. The molecule has 2 rings (SSSR count). The summed E-state index contributed by atoms with van der Waals surface area (Å²) in [7, 11) is 0. The van der Waals surface area contributed by atoms with E-state index in [9.17, 15) is 4.79 Å². The number of hydrogen-bond acceptors (Lipinski definition) is 4. The number of thiocarbonyl (C=S) groups is 1. The summed E-state index contributed by atoms with van der Waals surface area (Å²) in [5.41, 5.74) is 6.25. The molecule has 1 saturated heterocycles. The molecule has 0 spiro atoms. The molecule has 1 aromatic carbocycles. The van der Waals surface area contributed by atoms with Crippen molar-refractivity contribution in [3.63, 3.8) is 0 Å². The molecule has 6 heteroatoms. The zero-order valence-electron chi connectivity index (χ0n) is 11.1. The van der Waals surface area contributed by atoms with Crippen LogP contribution in [0.15, 0.2) is 24.3 Å². The number of amides is 1. The van der Waals surface area contributed by atoms with Gasteiger partial charge >= 0.3 is 0 Å². The molecule has 0 saturated carbocycles. The van der Waals surface area contributed by atoms with Gasteiger partial charge in [0.1, 0.15) is 10.7 Å². The highest BCUT2D eigenvalue weighted by Crippen LogP contribution is 2.17. The van der Waals surface area contributed by atoms with Gasteiger partial charge in [0.2, 0.25) is 0 Å². The predicted octanol–water partition coefficient (Wildman–Crippen LogP) is 0.995. The number of nitrogens with two attached hydrogens (primary N) is 1. The smallest absolute Gasteiger partial charge is 0.258 e. The molecule has 1 aliphatic rings. The van der Waals surface area contributed by atoms with Crippen LogP contribution in [0.2, 0.25) is 0 Å². The topological polar surface area (TPSA) is 73.6 Å². The second kappa shape index (κ2) is 7.21. The van der Waals surface area contributed by atoms with Crippen molar-refractivity contribution < 1.29 is 14.3 Å². The van der Waals surface area contributed by atoms with Crippen LogP contribution in [-0.2, 0) is 9.53 Å². The largest absolute Gasteiger partial charge is 0.483 e. The zero-order valence-corrected chi connectivity index (χ0v) is 11.9. The minimum absolute atomic E-state index is 0.0447. The van der Waals surface area contributed by atoms with E-state index in [1.807, 2.05) is 12.1 Å². The predicted molar refractivity (Wildman–Crippen MR) is 79.8 cm³/mol. The van der Waals surface area contributed by atoms with Crippen molar-refractivity contribution in [1.29, 1.82) is 0 Å². The van der Waals surface area contributed by atoms with Crippen molar-refractivity contribution >= 4 is 23.1 Å². The second-order valence-electron chi connectivity index (χ2n) is 4.60. The average Bonchev–Trinajstić information content (AvgIpc) is 2.46. The van der Waals surface area contributed by atoms with Crippen LogP contribution in [0.25, 0.3) is 0 Å². The molecule has 0 unspecified atom stereocenters. The number of benzene rings is 1. The number of carbonyl (C=O) groups excluding carboxylic acids is 1. The van der Waals surface area contributed by atoms with Crippen LogP contribution in [0, 0.1) is 0 Å². The van der Waals surface area contributed by atoms with Gasteiger partial charge < -0.3 is 20.5 Å². The van der Waals surface area contributed by atoms with Gasteiger partial charge in [-0.05, 0) is 25.0 Å². The summed E-state index contributed by atoms with van der Waals surface area (Å²) in [6.07, 6.45) is 1.68. The molecule has 108 valence electrons. The summed E-state index contributed by atoms with van der Waals surface area (Å²) in [5, 5.41) is 2.93. The Morgan fingerprint density at radius 2 is 2.10 bits per heavy atom. The first-order chi connectivity index (χ1) is 9.66. The number of para-hydroxylation sites is 1. The van der Waals surface area contributed by atoms with Crippen molar-refractivity contribution in [2.24, 2.45) is 5.73 Å². The number of nitrogens with one attached hydrogen (secondary N) is 1. The van der Waals surface area contributed by atoms with Crippen LogP contribution in [0.3, 0.4) is 0 Å². The Balaban J connectivity index is 1.85. The molecule has 0 aromatic heterocycles. The first kappa shape index (κ1) is 14.7. The Kier molecular flexibility index (Phi) is 5.31. The fraction of sp³-hybridized carbons (Fsp3) is 0.429. The van der Waals surface area contributed by atoms with E-state index < -0.39 is 0 Å². The number of ether oxygens (including phenoxy) is 2. The highest BCUT2D eigenvalue weighted by atomic mass is 32.1. The summed E-state index contributed by atoms with van der Waals surface area (Å²) in [4.78, 5) is 12.1. The van der Waals surface area contributed by atoms with Crippen LogP contribution in [0.5, 0.6) is 5.75 Å². The van der Waals surface area contributed by atoms with Crippen molar-refractivity contribution in [3.05, 3.63) is 29.8 Å². The van der Waals surface area contributed by atoms with E-state index in [0.29, 0.717) is 24.5 Å². The van der Waals surface area contributed by atoms with Crippen molar-refractivity contribution in [1.82, 2.24) is 5.32 Å². The Hall–Kier alpha value is -1.66. The zero-order chi connectivity index (χ0) is 14.4. The molecule has 3 N–H and O–H groups in total. The minimum Gasteiger partial charge on any atom is -0.483 e. The molecule has 0 radical (unpaired) electrons. The highest BCUT2D eigenvalue weighted by Gasteiger charge is 2.16. The SMILES string of the molecule is NC(=S)c1ccccc1OCC(=O)NC1CCOCC1. The minimum atomic E-state index is -0.144.